The van der Waals surface area contributed by atoms with Gasteiger partial charge in [-0.15, -0.1) is 11.3 Å². The van der Waals surface area contributed by atoms with Gasteiger partial charge in [0.1, 0.15) is 11.3 Å². The number of fused-ring (bicyclic) bond motifs is 1. The molecule has 1 amide bonds. The third-order valence-corrected chi connectivity index (χ3v) is 7.43. The molecule has 6 rings (SSSR count). The number of nitrogens with one attached hydrogen (secondary N) is 2. The Kier molecular flexibility index (Phi) is 6.72. The maximum Gasteiger partial charge on any atom is 0.262 e. The van der Waals surface area contributed by atoms with E-state index in [0.717, 1.165) is 38.5 Å². The smallest absolute Gasteiger partial charge is 0.262 e. The van der Waals surface area contributed by atoms with Crippen molar-refractivity contribution in [2.75, 3.05) is 10.6 Å². The molecule has 2 N–H and O–H groups in total. The minimum atomic E-state index is -0.369. The van der Waals surface area contributed by atoms with Crippen LogP contribution in [0.4, 0.5) is 16.7 Å². The molecule has 7 heteroatoms. The summed E-state index contributed by atoms with van der Waals surface area (Å²) in [5.74, 6) is 0.267. The van der Waals surface area contributed by atoms with Gasteiger partial charge < -0.3 is 9.73 Å². The van der Waals surface area contributed by atoms with Crippen molar-refractivity contribution in [3.63, 3.8) is 0 Å². The van der Waals surface area contributed by atoms with E-state index in [-0.39, 0.29) is 17.2 Å². The van der Waals surface area contributed by atoms with Gasteiger partial charge in [0.15, 0.2) is 10.6 Å². The molecule has 3 aromatic carbocycles. The zero-order chi connectivity index (χ0) is 27.6. The SMILES string of the molecule is Cc1cccc(Nc2oc3cc(=O)ccc-3cc2C(=O)Nc2nc(-c3ccc(-c4ccccc4)cc3)c(C)s2)c1. The number of nitrogens with zero attached hydrogens (tertiary/aromatic N) is 1. The van der Waals surface area contributed by atoms with E-state index in [2.05, 4.69) is 34.9 Å². The molecule has 0 fully saturated rings. The number of aryl methyl sites for hydroxylation is 2. The van der Waals surface area contributed by atoms with Crippen molar-refractivity contribution in [3.8, 4) is 33.7 Å². The van der Waals surface area contributed by atoms with Crippen molar-refractivity contribution in [1.29, 1.82) is 0 Å². The average molecular weight is 544 g/mol. The summed E-state index contributed by atoms with van der Waals surface area (Å²) in [5.41, 5.74) is 6.68. The second kappa shape index (κ2) is 10.6. The summed E-state index contributed by atoms with van der Waals surface area (Å²) < 4.78 is 6.03. The van der Waals surface area contributed by atoms with Crippen molar-refractivity contribution in [2.24, 2.45) is 0 Å². The van der Waals surface area contributed by atoms with Crippen LogP contribution >= 0.6 is 11.3 Å². The van der Waals surface area contributed by atoms with Crippen LogP contribution in [-0.4, -0.2) is 10.9 Å². The first-order valence-electron chi connectivity index (χ1n) is 12.8. The first-order chi connectivity index (χ1) is 19.4. The van der Waals surface area contributed by atoms with E-state index in [1.165, 1.54) is 23.5 Å². The second-order valence-electron chi connectivity index (χ2n) is 9.50. The molecular formula is C33H25N3O3S. The predicted molar refractivity (Wildman–Crippen MR) is 162 cm³/mol. The number of thiazole rings is 1. The molecule has 40 heavy (non-hydrogen) atoms. The standard InChI is InChI=1S/C33H25N3O3S/c1-20-7-6-10-26(17-20)34-32-28(18-25-15-16-27(37)19-29(25)39-32)31(38)36-33-35-30(21(2)40-33)24-13-11-23(12-14-24)22-8-4-3-5-9-22/h3-19,34H,1-2H3,(H,35,36,38). The fourth-order valence-corrected chi connectivity index (χ4v) is 5.39. The van der Waals surface area contributed by atoms with Gasteiger partial charge in [0.2, 0.25) is 5.88 Å². The molecule has 6 nitrogen and oxygen atoms in total. The molecule has 0 unspecified atom stereocenters. The largest absolute Gasteiger partial charge is 0.439 e. The van der Waals surface area contributed by atoms with Gasteiger partial charge in [0, 0.05) is 27.8 Å². The Labute approximate surface area is 235 Å². The molecule has 0 bridgehead atoms. The van der Waals surface area contributed by atoms with Crippen LogP contribution in [0, 0.1) is 13.8 Å². The molecule has 0 saturated heterocycles. The van der Waals surface area contributed by atoms with Crippen LogP contribution in [0.15, 0.2) is 112 Å². The lowest BCUT2D eigenvalue weighted by Crippen LogP contribution is -2.15. The summed E-state index contributed by atoms with van der Waals surface area (Å²) in [7, 11) is 0. The number of carbonyl (C=O) groups is 1. The van der Waals surface area contributed by atoms with E-state index in [1.807, 2.05) is 68.4 Å². The lowest BCUT2D eigenvalue weighted by molar-refractivity contribution is 0.102. The van der Waals surface area contributed by atoms with Gasteiger partial charge in [-0.05, 0) is 60.9 Å². The van der Waals surface area contributed by atoms with Crippen molar-refractivity contribution < 1.29 is 9.21 Å². The molecule has 1 aliphatic heterocycles. The number of rotatable bonds is 6. The molecule has 0 spiro atoms. The number of anilines is 3. The van der Waals surface area contributed by atoms with Crippen molar-refractivity contribution in [3.05, 3.63) is 129 Å². The quantitative estimate of drug-likeness (QED) is 0.221. The average Bonchev–Trinajstić information content (AvgIpc) is 3.32. The number of benzene rings is 4. The van der Waals surface area contributed by atoms with E-state index in [1.54, 1.807) is 12.1 Å². The highest BCUT2D eigenvalue weighted by molar-refractivity contribution is 7.16. The second-order valence-corrected chi connectivity index (χ2v) is 10.7. The molecule has 0 saturated carbocycles. The Morgan fingerprint density at radius 3 is 2.27 bits per heavy atom. The monoisotopic (exact) mass is 543 g/mol. The fraction of sp³-hybridized carbons (Fsp3) is 0.0606. The Bertz CT molecular complexity index is 1860. The van der Waals surface area contributed by atoms with Gasteiger partial charge in [-0.3, -0.25) is 14.9 Å². The summed E-state index contributed by atoms with van der Waals surface area (Å²) in [6.07, 6.45) is 0. The van der Waals surface area contributed by atoms with Crippen molar-refractivity contribution >= 4 is 33.9 Å². The summed E-state index contributed by atoms with van der Waals surface area (Å²) >= 11 is 1.41. The fourth-order valence-electron chi connectivity index (χ4n) is 4.56. The van der Waals surface area contributed by atoms with Gasteiger partial charge >= 0.3 is 0 Å². The molecule has 1 aliphatic carbocycles. The maximum absolute atomic E-state index is 13.6. The number of amides is 1. The predicted octanol–water partition coefficient (Wildman–Crippen LogP) is 8.15. The zero-order valence-electron chi connectivity index (χ0n) is 21.9. The third kappa shape index (κ3) is 5.28. The van der Waals surface area contributed by atoms with E-state index in [4.69, 9.17) is 9.40 Å². The summed E-state index contributed by atoms with van der Waals surface area (Å²) in [5, 5.41) is 6.64. The van der Waals surface area contributed by atoms with Gasteiger partial charge in [-0.1, -0.05) is 66.7 Å². The minimum absolute atomic E-state index is 0.169. The Balaban J connectivity index is 1.30. The third-order valence-electron chi connectivity index (χ3n) is 6.54. The van der Waals surface area contributed by atoms with Gasteiger partial charge in [0.05, 0.1) is 5.69 Å². The summed E-state index contributed by atoms with van der Waals surface area (Å²) in [6.45, 7) is 3.97. The molecule has 2 aliphatic rings. The molecule has 1 aromatic heterocycles. The van der Waals surface area contributed by atoms with Crippen LogP contribution in [0.3, 0.4) is 0 Å². The first-order valence-corrected chi connectivity index (χ1v) is 13.6. The maximum atomic E-state index is 13.6. The van der Waals surface area contributed by atoms with Crippen molar-refractivity contribution in [1.82, 2.24) is 4.98 Å². The minimum Gasteiger partial charge on any atom is -0.439 e. The van der Waals surface area contributed by atoms with E-state index in [9.17, 15) is 9.59 Å². The summed E-state index contributed by atoms with van der Waals surface area (Å²) in [6, 6.07) is 32.4. The van der Waals surface area contributed by atoms with Crippen LogP contribution in [0.1, 0.15) is 20.8 Å². The number of hydrogen-bond acceptors (Lipinski definition) is 6. The summed E-state index contributed by atoms with van der Waals surface area (Å²) in [4.78, 5) is 31.2. The number of aromatic nitrogens is 1. The van der Waals surface area contributed by atoms with Gasteiger partial charge in [-0.25, -0.2) is 4.98 Å². The van der Waals surface area contributed by atoms with E-state index in [0.29, 0.717) is 22.0 Å². The Morgan fingerprint density at radius 2 is 1.50 bits per heavy atom. The molecule has 4 aromatic rings. The lowest BCUT2D eigenvalue weighted by Gasteiger charge is -2.14. The highest BCUT2D eigenvalue weighted by Crippen LogP contribution is 2.34. The van der Waals surface area contributed by atoms with E-state index >= 15 is 0 Å². The molecule has 0 atom stereocenters. The van der Waals surface area contributed by atoms with Crippen LogP contribution < -0.4 is 16.1 Å². The lowest BCUT2D eigenvalue weighted by atomic mass is 10.0. The van der Waals surface area contributed by atoms with E-state index < -0.39 is 0 Å². The topological polar surface area (TPSA) is 84.2 Å². The normalized spacial score (nSPS) is 10.9. The van der Waals surface area contributed by atoms with Crippen molar-refractivity contribution in [2.45, 2.75) is 13.8 Å². The molecule has 2 heterocycles. The number of hydrogen-bond donors (Lipinski definition) is 2. The Hall–Kier alpha value is -5.01. The first kappa shape index (κ1) is 25.3. The van der Waals surface area contributed by atoms with Gasteiger partial charge in [-0.2, -0.15) is 0 Å². The highest BCUT2D eigenvalue weighted by atomic mass is 32.1. The van der Waals surface area contributed by atoms with Crippen LogP contribution in [0.25, 0.3) is 33.7 Å². The highest BCUT2D eigenvalue weighted by Gasteiger charge is 2.21. The molecule has 196 valence electrons. The van der Waals surface area contributed by atoms with Crippen LogP contribution in [0.5, 0.6) is 0 Å². The van der Waals surface area contributed by atoms with Crippen LogP contribution in [0.2, 0.25) is 0 Å². The van der Waals surface area contributed by atoms with Gasteiger partial charge in [0.25, 0.3) is 5.91 Å². The number of carbonyl (C=O) groups excluding carboxylic acids is 1. The zero-order valence-corrected chi connectivity index (χ0v) is 22.7. The molecule has 0 radical (unpaired) electrons. The van der Waals surface area contributed by atoms with Crippen LogP contribution in [-0.2, 0) is 0 Å². The Morgan fingerprint density at radius 1 is 0.775 bits per heavy atom. The molecular weight excluding hydrogens is 518 g/mol.